The van der Waals surface area contributed by atoms with Crippen LogP contribution in [0.25, 0.3) is 0 Å². The van der Waals surface area contributed by atoms with Crippen molar-refractivity contribution in [2.24, 2.45) is 23.7 Å². The fourth-order valence-electron chi connectivity index (χ4n) is 11.6. The van der Waals surface area contributed by atoms with E-state index in [0.717, 1.165) is 17.6 Å². The topological polar surface area (TPSA) is 189 Å². The molecule has 4 fully saturated rings. The van der Waals surface area contributed by atoms with Gasteiger partial charge in [0.25, 0.3) is 0 Å². The van der Waals surface area contributed by atoms with E-state index in [1.54, 1.807) is 51.6 Å². The zero-order valence-electron chi connectivity index (χ0n) is 43.5. The van der Waals surface area contributed by atoms with Crippen molar-refractivity contribution in [3.63, 3.8) is 0 Å². The van der Waals surface area contributed by atoms with Gasteiger partial charge in [-0.25, -0.2) is 4.79 Å². The quantitative estimate of drug-likeness (QED) is 0.167. The van der Waals surface area contributed by atoms with Crippen molar-refractivity contribution in [1.29, 1.82) is 0 Å². The van der Waals surface area contributed by atoms with Crippen molar-refractivity contribution in [2.75, 3.05) is 27.4 Å². The number of pyridine rings is 1. The zero-order valence-corrected chi connectivity index (χ0v) is 43.5. The number of rotatable bonds is 11. The van der Waals surface area contributed by atoms with Crippen molar-refractivity contribution in [3.8, 4) is 0 Å². The van der Waals surface area contributed by atoms with Crippen molar-refractivity contribution in [2.45, 2.75) is 185 Å². The average molecular weight is 1000 g/mol. The van der Waals surface area contributed by atoms with E-state index in [1.165, 1.54) is 6.20 Å². The van der Waals surface area contributed by atoms with E-state index < -0.39 is 96.8 Å². The second kappa shape index (κ2) is 23.3. The minimum atomic E-state index is -1.85. The molecular formula is C56H77NO15. The lowest BCUT2D eigenvalue weighted by Crippen LogP contribution is -2.58. The molecule has 16 heteroatoms. The van der Waals surface area contributed by atoms with Gasteiger partial charge < -0.3 is 62.3 Å². The summed E-state index contributed by atoms with van der Waals surface area (Å²) in [6.45, 7) is 16.2. The number of nitrogens with zero attached hydrogens (tertiary/aromatic N) is 1. The van der Waals surface area contributed by atoms with E-state index >= 15 is 0 Å². The van der Waals surface area contributed by atoms with E-state index in [0.29, 0.717) is 42.4 Å². The summed E-state index contributed by atoms with van der Waals surface area (Å²) in [4.78, 5) is 30.9. The second-order valence-corrected chi connectivity index (χ2v) is 20.9. The molecule has 2 bridgehead atoms. The van der Waals surface area contributed by atoms with Crippen LogP contribution in [0.5, 0.6) is 0 Å². The number of aliphatic hydroxyl groups excluding tert-OH is 1. The normalized spacial score (nSPS) is 43.4. The van der Waals surface area contributed by atoms with Gasteiger partial charge in [0.2, 0.25) is 0 Å². The Morgan fingerprint density at radius 2 is 1.78 bits per heavy atom. The maximum absolute atomic E-state index is 14.4. The highest BCUT2D eigenvalue weighted by molar-refractivity contribution is 5.89. The van der Waals surface area contributed by atoms with E-state index in [2.05, 4.69) is 44.8 Å². The van der Waals surface area contributed by atoms with Crippen LogP contribution in [0.15, 0.2) is 95.4 Å². The average Bonchev–Trinajstić information content (AvgIpc) is 3.71. The predicted octanol–water partition coefficient (Wildman–Crippen LogP) is 7.19. The number of aliphatic hydroxyl groups is 2. The second-order valence-electron chi connectivity index (χ2n) is 20.9. The largest absolute Gasteiger partial charge is 0.462 e. The molecule has 7 aliphatic rings. The first-order valence-electron chi connectivity index (χ1n) is 25.9. The van der Waals surface area contributed by atoms with Gasteiger partial charge in [-0.05, 0) is 86.6 Å². The number of carbonyl (C=O) groups is 2. The molecule has 1 aliphatic carbocycles. The molecule has 7 heterocycles. The smallest absolute Gasteiger partial charge is 0.340 e. The first-order chi connectivity index (χ1) is 34.5. The highest BCUT2D eigenvalue weighted by Crippen LogP contribution is 2.47. The Kier molecular flexibility index (Phi) is 17.6. The highest BCUT2D eigenvalue weighted by atomic mass is 16.7. The Morgan fingerprint density at radius 3 is 2.51 bits per heavy atom. The predicted molar refractivity (Wildman–Crippen MR) is 264 cm³/mol. The SMILES string of the molecule is CCC(C)C1OC2(C=CC1C)CC1CC(C/C=C(\C)C(OC3CC(OC)C(OC4CC(OC)/C(=C/COC(=O)c5cccnc5)C(C)O4)C(C)O3)C(C)/C=C/C=C3\COC4C(O)C(C)=CC(C(=O)O1)C34O)O2. The Bertz CT molecular complexity index is 2240. The van der Waals surface area contributed by atoms with Crippen LogP contribution in [0.3, 0.4) is 0 Å². The fourth-order valence-corrected chi connectivity index (χ4v) is 11.6. The molecule has 19 atom stereocenters. The summed E-state index contributed by atoms with van der Waals surface area (Å²) in [6.07, 6.45) is 14.0. The molecular weight excluding hydrogens is 927 g/mol. The molecule has 1 aromatic rings. The van der Waals surface area contributed by atoms with E-state index in [1.807, 2.05) is 45.1 Å². The number of ether oxygens (including phenoxy) is 11. The molecule has 4 saturated heterocycles. The van der Waals surface area contributed by atoms with Gasteiger partial charge in [-0.15, -0.1) is 0 Å². The van der Waals surface area contributed by atoms with Crippen LogP contribution >= 0.6 is 0 Å². The molecule has 0 saturated carbocycles. The number of esters is 2. The third-order valence-electron chi connectivity index (χ3n) is 15.9. The molecule has 0 aromatic carbocycles. The molecule has 1 spiro atoms. The Hall–Kier alpha value is -3.91. The molecule has 0 amide bonds. The number of hydrogen-bond acceptors (Lipinski definition) is 16. The Morgan fingerprint density at radius 1 is 0.986 bits per heavy atom. The zero-order chi connectivity index (χ0) is 51.5. The summed E-state index contributed by atoms with van der Waals surface area (Å²) in [5, 5.41) is 23.9. The summed E-state index contributed by atoms with van der Waals surface area (Å²) in [5.41, 5.74) is 1.31. The molecule has 2 N–H and O–H groups in total. The molecule has 6 aliphatic heterocycles. The minimum Gasteiger partial charge on any atom is -0.462 e. The van der Waals surface area contributed by atoms with Crippen molar-refractivity contribution in [1.82, 2.24) is 4.98 Å². The van der Waals surface area contributed by atoms with Gasteiger partial charge >= 0.3 is 11.9 Å². The summed E-state index contributed by atoms with van der Waals surface area (Å²) in [7, 11) is 3.28. The van der Waals surface area contributed by atoms with Gasteiger partial charge in [0.1, 0.15) is 42.5 Å². The molecule has 19 unspecified atom stereocenters. The summed E-state index contributed by atoms with van der Waals surface area (Å²) in [6, 6.07) is 3.33. The summed E-state index contributed by atoms with van der Waals surface area (Å²) >= 11 is 0. The summed E-state index contributed by atoms with van der Waals surface area (Å²) < 4.78 is 70.5. The molecule has 0 radical (unpaired) electrons. The number of allylic oxidation sites excluding steroid dienone is 2. The first kappa shape index (κ1) is 54.4. The lowest BCUT2D eigenvalue weighted by Gasteiger charge is -2.48. The maximum Gasteiger partial charge on any atom is 0.340 e. The Balaban J connectivity index is 1.01. The third-order valence-corrected chi connectivity index (χ3v) is 15.9. The standard InChI is InChI=1S/C56H77NO15/c1-11-31(2)50-34(5)19-21-55(72-50)28-41-25-40(71-55)18-17-33(4)49(32(3)14-12-16-39-30-65-52-48(58)35(6)24-43(54(60)68-41)56(39,52)61)69-47-27-45(63-10)51(37(8)67-47)70-46-26-44(62-9)42(36(7)66-46)20-23-64-53(59)38-15-13-22-57-29-38/h12-17,19-22,24,29,31-32,34,36-37,40-41,43-52,58,61H,11,18,23,25-28,30H2,1-10H3/b14-12+,33-17+,39-16+,42-20+. The van der Waals surface area contributed by atoms with Gasteiger partial charge in [-0.3, -0.25) is 9.78 Å². The van der Waals surface area contributed by atoms with Crippen LogP contribution < -0.4 is 0 Å². The van der Waals surface area contributed by atoms with Gasteiger partial charge in [0, 0.05) is 64.1 Å². The monoisotopic (exact) mass is 1000 g/mol. The van der Waals surface area contributed by atoms with Crippen LogP contribution in [0, 0.1) is 23.7 Å². The minimum absolute atomic E-state index is 0.0196. The molecule has 72 heavy (non-hydrogen) atoms. The number of hydrogen-bond donors (Lipinski definition) is 2. The maximum atomic E-state index is 14.4. The van der Waals surface area contributed by atoms with Gasteiger partial charge in [-0.1, -0.05) is 70.6 Å². The number of methoxy groups -OCH3 is 2. The molecule has 16 nitrogen and oxygen atoms in total. The van der Waals surface area contributed by atoms with Crippen molar-refractivity contribution < 1.29 is 71.9 Å². The number of carbonyl (C=O) groups excluding carboxylic acids is 2. The number of aromatic nitrogens is 1. The highest BCUT2D eigenvalue weighted by Gasteiger charge is 2.60. The van der Waals surface area contributed by atoms with Crippen LogP contribution in [0.4, 0.5) is 0 Å². The molecule has 396 valence electrons. The van der Waals surface area contributed by atoms with Crippen molar-refractivity contribution >= 4 is 11.9 Å². The van der Waals surface area contributed by atoms with Crippen LogP contribution in [-0.4, -0.2) is 146 Å². The van der Waals surface area contributed by atoms with E-state index in [9.17, 15) is 19.8 Å². The fraction of sp³-hybridized carbons (Fsp3) is 0.661. The van der Waals surface area contributed by atoms with E-state index in [-0.39, 0.29) is 49.6 Å². The van der Waals surface area contributed by atoms with Crippen LogP contribution in [0.1, 0.15) is 104 Å². The number of fused-ring (bicyclic) bond motifs is 2. The van der Waals surface area contributed by atoms with Crippen molar-refractivity contribution in [3.05, 3.63) is 101 Å². The molecule has 1 aromatic heterocycles. The van der Waals surface area contributed by atoms with Gasteiger partial charge in [-0.2, -0.15) is 0 Å². The first-order valence-corrected chi connectivity index (χ1v) is 25.9. The van der Waals surface area contributed by atoms with Gasteiger partial charge in [0.05, 0.1) is 54.9 Å². The lowest BCUT2D eigenvalue weighted by atomic mass is 9.71. The van der Waals surface area contributed by atoms with Crippen LogP contribution in [0.2, 0.25) is 0 Å². The van der Waals surface area contributed by atoms with Gasteiger partial charge in [0.15, 0.2) is 18.4 Å². The Labute approximate surface area is 424 Å². The third kappa shape index (κ3) is 11.6. The van der Waals surface area contributed by atoms with E-state index in [4.69, 9.17) is 52.1 Å². The molecule has 8 rings (SSSR count). The summed E-state index contributed by atoms with van der Waals surface area (Å²) in [5.74, 6) is -3.12. The van der Waals surface area contributed by atoms with Crippen LogP contribution in [-0.2, 0) is 56.9 Å². The lowest BCUT2D eigenvalue weighted by molar-refractivity contribution is -0.305.